The standard InChI is InChI=1S/C19H19NO2S/c1-20-12-19(21)11-14-5-2-3-7-15(14)18(19)22-16-8-4-6-13-9-10-23-17(13)16/h2-10,18,20-21H,11-12H2,1H3/t18-,19+/m0/s1. The van der Waals surface area contributed by atoms with Crippen LogP contribution in [-0.4, -0.2) is 24.3 Å². The minimum atomic E-state index is -0.933. The molecule has 0 radical (unpaired) electrons. The number of hydrogen-bond acceptors (Lipinski definition) is 4. The van der Waals surface area contributed by atoms with E-state index in [-0.39, 0.29) is 6.10 Å². The lowest BCUT2D eigenvalue weighted by Gasteiger charge is -2.31. The molecule has 118 valence electrons. The van der Waals surface area contributed by atoms with Gasteiger partial charge in [0.05, 0.1) is 4.70 Å². The van der Waals surface area contributed by atoms with E-state index in [1.165, 1.54) is 5.39 Å². The second-order valence-electron chi connectivity index (χ2n) is 6.10. The van der Waals surface area contributed by atoms with E-state index < -0.39 is 5.60 Å². The smallest absolute Gasteiger partial charge is 0.154 e. The Morgan fingerprint density at radius 1 is 1.22 bits per heavy atom. The zero-order valence-electron chi connectivity index (χ0n) is 13.0. The van der Waals surface area contributed by atoms with Gasteiger partial charge in [-0.2, -0.15) is 0 Å². The van der Waals surface area contributed by atoms with Crippen molar-refractivity contribution in [2.75, 3.05) is 13.6 Å². The fourth-order valence-electron chi connectivity index (χ4n) is 3.48. The summed E-state index contributed by atoms with van der Waals surface area (Å²) in [7, 11) is 1.86. The van der Waals surface area contributed by atoms with Gasteiger partial charge < -0.3 is 15.2 Å². The van der Waals surface area contributed by atoms with Crippen LogP contribution in [-0.2, 0) is 6.42 Å². The van der Waals surface area contributed by atoms with Gasteiger partial charge in [0, 0.05) is 13.0 Å². The predicted octanol–water partition coefficient (Wildman–Crippen LogP) is 3.53. The summed E-state index contributed by atoms with van der Waals surface area (Å²) in [6.07, 6.45) is 0.244. The SMILES string of the molecule is CNC[C@]1(O)Cc2ccccc2[C@@H]1Oc1cccc2ccsc12. The van der Waals surface area contributed by atoms with Crippen molar-refractivity contribution in [2.24, 2.45) is 0 Å². The van der Waals surface area contributed by atoms with Crippen LogP contribution in [0.2, 0.25) is 0 Å². The molecule has 0 aliphatic heterocycles. The maximum absolute atomic E-state index is 11.2. The summed E-state index contributed by atoms with van der Waals surface area (Å²) >= 11 is 1.67. The van der Waals surface area contributed by atoms with Gasteiger partial charge in [-0.1, -0.05) is 36.4 Å². The first-order valence-electron chi connectivity index (χ1n) is 7.79. The van der Waals surface area contributed by atoms with Gasteiger partial charge in [-0.15, -0.1) is 11.3 Å². The summed E-state index contributed by atoms with van der Waals surface area (Å²) < 4.78 is 7.49. The van der Waals surface area contributed by atoms with E-state index >= 15 is 0 Å². The van der Waals surface area contributed by atoms with Gasteiger partial charge in [-0.05, 0) is 41.1 Å². The molecule has 2 aromatic carbocycles. The number of hydrogen-bond donors (Lipinski definition) is 2. The maximum atomic E-state index is 11.2. The molecule has 3 aromatic rings. The Hall–Kier alpha value is -1.88. The lowest BCUT2D eigenvalue weighted by atomic mass is 9.97. The van der Waals surface area contributed by atoms with Crippen LogP contribution in [0.25, 0.3) is 10.1 Å². The molecule has 2 atom stereocenters. The Balaban J connectivity index is 1.77. The molecular formula is C19H19NO2S. The highest BCUT2D eigenvalue weighted by Gasteiger charge is 2.46. The van der Waals surface area contributed by atoms with E-state index in [0.717, 1.165) is 21.6 Å². The van der Waals surface area contributed by atoms with Crippen molar-refractivity contribution in [3.8, 4) is 5.75 Å². The number of likely N-dealkylation sites (N-methyl/N-ethyl adjacent to an activating group) is 1. The normalized spacial score (nSPS) is 23.1. The van der Waals surface area contributed by atoms with Crippen LogP contribution in [0.4, 0.5) is 0 Å². The number of ether oxygens (including phenoxy) is 1. The lowest BCUT2D eigenvalue weighted by Crippen LogP contribution is -2.45. The van der Waals surface area contributed by atoms with E-state index in [0.29, 0.717) is 13.0 Å². The van der Waals surface area contributed by atoms with Crippen LogP contribution in [0.15, 0.2) is 53.9 Å². The molecule has 4 heteroatoms. The Bertz CT molecular complexity index is 844. The zero-order chi connectivity index (χ0) is 15.9. The van der Waals surface area contributed by atoms with Gasteiger partial charge in [0.15, 0.2) is 6.10 Å². The molecule has 1 aromatic heterocycles. The Morgan fingerprint density at radius 3 is 2.96 bits per heavy atom. The molecule has 0 unspecified atom stereocenters. The molecule has 4 rings (SSSR count). The summed E-state index contributed by atoms with van der Waals surface area (Å²) in [5.41, 5.74) is 1.31. The number of benzene rings is 2. The molecule has 0 saturated carbocycles. The third-order valence-electron chi connectivity index (χ3n) is 4.49. The molecule has 1 aliphatic carbocycles. The maximum Gasteiger partial charge on any atom is 0.154 e. The molecule has 1 heterocycles. The minimum absolute atomic E-state index is 0.362. The fourth-order valence-corrected chi connectivity index (χ4v) is 4.34. The van der Waals surface area contributed by atoms with Crippen molar-refractivity contribution >= 4 is 21.4 Å². The van der Waals surface area contributed by atoms with Gasteiger partial charge in [0.25, 0.3) is 0 Å². The van der Waals surface area contributed by atoms with Gasteiger partial charge >= 0.3 is 0 Å². The number of nitrogens with one attached hydrogen (secondary N) is 1. The molecule has 3 nitrogen and oxygen atoms in total. The second-order valence-corrected chi connectivity index (χ2v) is 7.02. The number of fused-ring (bicyclic) bond motifs is 2. The van der Waals surface area contributed by atoms with Crippen molar-refractivity contribution in [2.45, 2.75) is 18.1 Å². The number of thiophene rings is 1. The predicted molar refractivity (Wildman–Crippen MR) is 94.2 cm³/mol. The van der Waals surface area contributed by atoms with E-state index in [1.807, 2.05) is 31.3 Å². The monoisotopic (exact) mass is 325 g/mol. The molecule has 0 bridgehead atoms. The lowest BCUT2D eigenvalue weighted by molar-refractivity contribution is -0.0478. The average molecular weight is 325 g/mol. The summed E-state index contributed by atoms with van der Waals surface area (Å²) in [5, 5.41) is 17.5. The van der Waals surface area contributed by atoms with E-state index in [4.69, 9.17) is 4.74 Å². The van der Waals surface area contributed by atoms with Crippen molar-refractivity contribution in [3.63, 3.8) is 0 Å². The summed E-state index contributed by atoms with van der Waals surface area (Å²) in [6.45, 7) is 0.493. The highest BCUT2D eigenvalue weighted by Crippen LogP contribution is 2.43. The zero-order valence-corrected chi connectivity index (χ0v) is 13.8. The van der Waals surface area contributed by atoms with Gasteiger partial charge in [-0.3, -0.25) is 0 Å². The van der Waals surface area contributed by atoms with Crippen LogP contribution in [0, 0.1) is 0 Å². The number of rotatable bonds is 4. The van der Waals surface area contributed by atoms with Crippen LogP contribution >= 0.6 is 11.3 Å². The van der Waals surface area contributed by atoms with Crippen molar-refractivity contribution < 1.29 is 9.84 Å². The van der Waals surface area contributed by atoms with E-state index in [9.17, 15) is 5.11 Å². The van der Waals surface area contributed by atoms with Crippen molar-refractivity contribution in [1.82, 2.24) is 5.32 Å². The molecule has 0 amide bonds. The Kier molecular flexibility index (Phi) is 3.60. The first-order chi connectivity index (χ1) is 11.2. The molecular weight excluding hydrogens is 306 g/mol. The molecule has 2 N–H and O–H groups in total. The summed E-state index contributed by atoms with van der Waals surface area (Å²) in [4.78, 5) is 0. The van der Waals surface area contributed by atoms with Crippen LogP contribution < -0.4 is 10.1 Å². The van der Waals surface area contributed by atoms with Crippen molar-refractivity contribution in [3.05, 3.63) is 65.0 Å². The quantitative estimate of drug-likeness (QED) is 0.771. The van der Waals surface area contributed by atoms with Gasteiger partial charge in [0.1, 0.15) is 11.4 Å². The van der Waals surface area contributed by atoms with E-state index in [1.54, 1.807) is 11.3 Å². The van der Waals surface area contributed by atoms with Crippen molar-refractivity contribution in [1.29, 1.82) is 0 Å². The summed E-state index contributed by atoms with van der Waals surface area (Å²) in [5.74, 6) is 0.841. The number of aliphatic hydroxyl groups is 1. The highest BCUT2D eigenvalue weighted by molar-refractivity contribution is 7.17. The second kappa shape index (κ2) is 5.64. The third kappa shape index (κ3) is 2.43. The molecule has 0 fully saturated rings. The largest absolute Gasteiger partial charge is 0.481 e. The Morgan fingerprint density at radius 2 is 2.09 bits per heavy atom. The third-order valence-corrected chi connectivity index (χ3v) is 5.44. The molecule has 23 heavy (non-hydrogen) atoms. The summed E-state index contributed by atoms with van der Waals surface area (Å²) in [6, 6.07) is 16.3. The minimum Gasteiger partial charge on any atom is -0.481 e. The average Bonchev–Trinajstić information content (AvgIpc) is 3.12. The first-order valence-corrected chi connectivity index (χ1v) is 8.67. The van der Waals surface area contributed by atoms with Crippen LogP contribution in [0.1, 0.15) is 17.2 Å². The Labute approximate surface area is 139 Å². The van der Waals surface area contributed by atoms with Crippen LogP contribution in [0.5, 0.6) is 5.75 Å². The molecule has 0 spiro atoms. The topological polar surface area (TPSA) is 41.5 Å². The van der Waals surface area contributed by atoms with Gasteiger partial charge in [0.2, 0.25) is 0 Å². The fraction of sp³-hybridized carbons (Fsp3) is 0.263. The van der Waals surface area contributed by atoms with Crippen LogP contribution in [0.3, 0.4) is 0 Å². The van der Waals surface area contributed by atoms with Gasteiger partial charge in [-0.25, -0.2) is 0 Å². The first kappa shape index (κ1) is 14.7. The molecule has 1 aliphatic rings. The van der Waals surface area contributed by atoms with E-state index in [2.05, 4.69) is 35.0 Å². The highest BCUT2D eigenvalue weighted by atomic mass is 32.1. The molecule has 0 saturated heterocycles.